The lowest BCUT2D eigenvalue weighted by Crippen LogP contribution is -2.35. The minimum Gasteiger partial charge on any atom is -0.385 e. The van der Waals surface area contributed by atoms with Crippen molar-refractivity contribution in [3.05, 3.63) is 70.6 Å². The number of rotatable bonds is 9. The molecule has 4 aromatic rings. The summed E-state index contributed by atoms with van der Waals surface area (Å²) in [6.45, 7) is 2.05. The van der Waals surface area contributed by atoms with E-state index in [0.29, 0.717) is 55.8 Å². The van der Waals surface area contributed by atoms with Crippen molar-refractivity contribution in [2.75, 3.05) is 20.3 Å². The lowest BCUT2D eigenvalue weighted by Gasteiger charge is -2.15. The highest BCUT2D eigenvalue weighted by Gasteiger charge is 2.17. The fourth-order valence-corrected chi connectivity index (χ4v) is 3.62. The summed E-state index contributed by atoms with van der Waals surface area (Å²) in [5.41, 5.74) is 0.784. The van der Waals surface area contributed by atoms with Gasteiger partial charge in [-0.15, -0.1) is 0 Å². The molecular weight excluding hydrogens is 410 g/mol. The van der Waals surface area contributed by atoms with Crippen molar-refractivity contribution in [2.45, 2.75) is 25.9 Å². The van der Waals surface area contributed by atoms with Crippen LogP contribution in [-0.4, -0.2) is 49.7 Å². The minimum absolute atomic E-state index is 0.0274. The van der Waals surface area contributed by atoms with Crippen LogP contribution in [-0.2, 0) is 17.8 Å². The Balaban J connectivity index is 1.77. The Kier molecular flexibility index (Phi) is 6.41. The van der Waals surface area contributed by atoms with Crippen molar-refractivity contribution >= 4 is 22.6 Å². The van der Waals surface area contributed by atoms with Crippen LogP contribution >= 0.6 is 0 Å². The molecule has 1 amide bonds. The highest BCUT2D eigenvalue weighted by molar-refractivity contribution is 5.96. The van der Waals surface area contributed by atoms with E-state index in [1.165, 1.54) is 10.5 Å². The SMILES string of the molecule is COCCCNC(=O)c1cc2c(=O)n3ccccc3nc2n(CCCn2ccnc2)c1=N. The number of aromatic nitrogens is 5. The van der Waals surface area contributed by atoms with Gasteiger partial charge in [-0.25, -0.2) is 9.97 Å². The average molecular weight is 435 g/mol. The van der Waals surface area contributed by atoms with Crippen molar-refractivity contribution in [2.24, 2.45) is 0 Å². The maximum atomic E-state index is 13.2. The molecule has 0 saturated carbocycles. The topological polar surface area (TPSA) is 119 Å². The van der Waals surface area contributed by atoms with E-state index < -0.39 is 5.91 Å². The molecule has 4 aromatic heterocycles. The van der Waals surface area contributed by atoms with Gasteiger partial charge in [0.1, 0.15) is 16.8 Å². The zero-order chi connectivity index (χ0) is 22.5. The number of imidazole rings is 1. The van der Waals surface area contributed by atoms with Crippen molar-refractivity contribution < 1.29 is 9.53 Å². The lowest BCUT2D eigenvalue weighted by atomic mass is 10.2. The number of ether oxygens (including phenoxy) is 1. The third-order valence-electron chi connectivity index (χ3n) is 5.23. The third kappa shape index (κ3) is 4.30. The fraction of sp³-hybridized carbons (Fsp3) is 0.318. The molecule has 4 rings (SSSR count). The van der Waals surface area contributed by atoms with Gasteiger partial charge in [0.25, 0.3) is 11.5 Å². The molecule has 2 N–H and O–H groups in total. The van der Waals surface area contributed by atoms with Crippen LogP contribution in [0.2, 0.25) is 0 Å². The summed E-state index contributed by atoms with van der Waals surface area (Å²) >= 11 is 0. The molecule has 0 aromatic carbocycles. The van der Waals surface area contributed by atoms with Crippen molar-refractivity contribution in [3.63, 3.8) is 0 Å². The molecule has 0 unspecified atom stereocenters. The van der Waals surface area contributed by atoms with Crippen LogP contribution in [0.3, 0.4) is 0 Å². The van der Waals surface area contributed by atoms with Gasteiger partial charge >= 0.3 is 0 Å². The van der Waals surface area contributed by atoms with Gasteiger partial charge in [-0.1, -0.05) is 6.07 Å². The number of nitrogens with one attached hydrogen (secondary N) is 2. The Morgan fingerprint density at radius 3 is 2.88 bits per heavy atom. The van der Waals surface area contributed by atoms with Gasteiger partial charge < -0.3 is 19.2 Å². The second-order valence-corrected chi connectivity index (χ2v) is 7.40. The number of amides is 1. The smallest absolute Gasteiger partial charge is 0.267 e. The summed E-state index contributed by atoms with van der Waals surface area (Å²) in [5.74, 6) is -0.395. The zero-order valence-electron chi connectivity index (χ0n) is 17.8. The Hall–Kier alpha value is -3.79. The van der Waals surface area contributed by atoms with Crippen LogP contribution in [0.1, 0.15) is 23.2 Å². The molecule has 0 fully saturated rings. The molecule has 32 heavy (non-hydrogen) atoms. The van der Waals surface area contributed by atoms with Gasteiger partial charge in [-0.05, 0) is 31.0 Å². The van der Waals surface area contributed by atoms with Crippen molar-refractivity contribution in [3.8, 4) is 0 Å². The quantitative estimate of drug-likeness (QED) is 0.302. The summed E-state index contributed by atoms with van der Waals surface area (Å²) in [5, 5.41) is 11.8. The summed E-state index contributed by atoms with van der Waals surface area (Å²) in [4.78, 5) is 34.7. The van der Waals surface area contributed by atoms with E-state index in [0.717, 1.165) is 0 Å². The number of pyridine rings is 2. The number of fused-ring (bicyclic) bond motifs is 2. The molecule has 0 aliphatic heterocycles. The fourth-order valence-electron chi connectivity index (χ4n) is 3.62. The molecule has 0 atom stereocenters. The van der Waals surface area contributed by atoms with Crippen LogP contribution in [0.25, 0.3) is 16.7 Å². The number of hydrogen-bond acceptors (Lipinski definition) is 6. The minimum atomic E-state index is -0.395. The van der Waals surface area contributed by atoms with Gasteiger partial charge in [-0.3, -0.25) is 19.4 Å². The van der Waals surface area contributed by atoms with Gasteiger partial charge in [0, 0.05) is 51.9 Å². The molecular formula is C22H25N7O3. The number of hydrogen-bond donors (Lipinski definition) is 2. The average Bonchev–Trinajstić information content (AvgIpc) is 3.32. The molecule has 4 heterocycles. The number of nitrogens with zero attached hydrogens (tertiary/aromatic N) is 5. The highest BCUT2D eigenvalue weighted by Crippen LogP contribution is 2.11. The summed E-state index contributed by atoms with van der Waals surface area (Å²) in [6, 6.07) is 6.78. The summed E-state index contributed by atoms with van der Waals surface area (Å²) in [6.07, 6.45) is 8.28. The molecule has 10 heteroatoms. The lowest BCUT2D eigenvalue weighted by molar-refractivity contribution is 0.0946. The van der Waals surface area contributed by atoms with Crippen molar-refractivity contribution in [1.29, 1.82) is 5.41 Å². The monoisotopic (exact) mass is 435 g/mol. The molecule has 166 valence electrons. The number of carbonyl (C=O) groups is 1. The molecule has 10 nitrogen and oxygen atoms in total. The van der Waals surface area contributed by atoms with Crippen LogP contribution in [0, 0.1) is 5.41 Å². The maximum absolute atomic E-state index is 13.2. The van der Waals surface area contributed by atoms with E-state index in [9.17, 15) is 9.59 Å². The van der Waals surface area contributed by atoms with E-state index in [-0.39, 0.29) is 16.6 Å². The first kappa shape index (κ1) is 21.4. The number of carbonyl (C=O) groups excluding carboxylic acids is 1. The van der Waals surface area contributed by atoms with E-state index in [1.807, 2.05) is 10.8 Å². The van der Waals surface area contributed by atoms with Gasteiger partial charge in [0.05, 0.1) is 17.3 Å². The predicted molar refractivity (Wildman–Crippen MR) is 118 cm³/mol. The highest BCUT2D eigenvalue weighted by atomic mass is 16.5. The van der Waals surface area contributed by atoms with Crippen LogP contribution in [0.5, 0.6) is 0 Å². The first-order chi connectivity index (χ1) is 15.6. The molecule has 0 radical (unpaired) electrons. The number of aryl methyl sites for hydroxylation is 2. The predicted octanol–water partition coefficient (Wildman–Crippen LogP) is 1.18. The van der Waals surface area contributed by atoms with Crippen LogP contribution < -0.4 is 16.4 Å². The molecule has 0 saturated heterocycles. The van der Waals surface area contributed by atoms with Gasteiger partial charge in [0.15, 0.2) is 0 Å². The molecule has 0 bridgehead atoms. The first-order valence-corrected chi connectivity index (χ1v) is 10.4. The van der Waals surface area contributed by atoms with Gasteiger partial charge in [0.2, 0.25) is 0 Å². The Labute approximate surface area is 183 Å². The maximum Gasteiger partial charge on any atom is 0.267 e. The van der Waals surface area contributed by atoms with Crippen LogP contribution in [0.15, 0.2) is 54.0 Å². The summed E-state index contributed by atoms with van der Waals surface area (Å²) < 4.78 is 10.0. The second-order valence-electron chi connectivity index (χ2n) is 7.40. The summed E-state index contributed by atoms with van der Waals surface area (Å²) in [7, 11) is 1.60. The van der Waals surface area contributed by atoms with Crippen molar-refractivity contribution in [1.82, 2.24) is 28.8 Å². The number of methoxy groups -OCH3 is 1. The van der Waals surface area contributed by atoms with Crippen LogP contribution in [0.4, 0.5) is 0 Å². The molecule has 0 aliphatic carbocycles. The Bertz CT molecular complexity index is 1360. The van der Waals surface area contributed by atoms with E-state index >= 15 is 0 Å². The first-order valence-electron chi connectivity index (χ1n) is 10.4. The molecule has 0 aliphatic rings. The van der Waals surface area contributed by atoms with Gasteiger partial charge in [-0.2, -0.15) is 0 Å². The Morgan fingerprint density at radius 2 is 2.09 bits per heavy atom. The largest absolute Gasteiger partial charge is 0.385 e. The third-order valence-corrected chi connectivity index (χ3v) is 5.23. The Morgan fingerprint density at radius 1 is 1.22 bits per heavy atom. The normalized spacial score (nSPS) is 11.3. The zero-order valence-corrected chi connectivity index (χ0v) is 17.8. The standard InChI is InChI=1S/C22H25N7O3/c1-32-13-4-7-25-21(30)16-14-17-20(26-18-6-2-3-10-28(18)22(17)31)29(19(16)23)11-5-9-27-12-8-24-15-27/h2-3,6,8,10,12,14-15,23H,4-5,7,9,11,13H2,1H3,(H,25,30). The van der Waals surface area contributed by atoms with E-state index in [2.05, 4.69) is 15.3 Å². The molecule has 0 spiro atoms. The second kappa shape index (κ2) is 9.56. The van der Waals surface area contributed by atoms with E-state index in [1.54, 1.807) is 48.6 Å². The van der Waals surface area contributed by atoms with E-state index in [4.69, 9.17) is 10.1 Å².